The highest BCUT2D eigenvalue weighted by molar-refractivity contribution is 5.72. The Morgan fingerprint density at radius 3 is 2.62 bits per heavy atom. The maximum absolute atomic E-state index is 13.0. The summed E-state index contributed by atoms with van der Waals surface area (Å²) in [5.74, 6) is 0.807. The average Bonchev–Trinajstić information content (AvgIpc) is 3.26. The van der Waals surface area contributed by atoms with Gasteiger partial charge < -0.3 is 15.0 Å². The zero-order chi connectivity index (χ0) is 23.8. The van der Waals surface area contributed by atoms with Crippen molar-refractivity contribution in [1.29, 1.82) is 0 Å². The van der Waals surface area contributed by atoms with Gasteiger partial charge in [-0.2, -0.15) is 13.2 Å². The Morgan fingerprint density at radius 2 is 1.82 bits per heavy atom. The fourth-order valence-electron chi connectivity index (χ4n) is 4.87. The first kappa shape index (κ1) is 22.6. The third kappa shape index (κ3) is 4.84. The van der Waals surface area contributed by atoms with Gasteiger partial charge in [-0.3, -0.25) is 0 Å². The standard InChI is InChI=1S/C25H26F3N5O/c1-17-12-19(14-20(13-17)31-23-30-9-5-21(32-23)25(26,27)28)18-4-8-29-22(15-18)33-10-2-6-24(16-33)7-3-11-34-24/h4-5,8-9,12-15H,2-3,6-7,10-11,16H2,1H3,(H,30,31,32). The van der Waals surface area contributed by atoms with Crippen molar-refractivity contribution in [3.63, 3.8) is 0 Å². The van der Waals surface area contributed by atoms with Gasteiger partial charge in [0.2, 0.25) is 5.95 Å². The minimum Gasteiger partial charge on any atom is -0.373 e. The molecule has 1 aromatic carbocycles. The van der Waals surface area contributed by atoms with Crippen LogP contribution in [0.3, 0.4) is 0 Å². The second kappa shape index (κ2) is 8.87. The van der Waals surface area contributed by atoms with Gasteiger partial charge in [0.1, 0.15) is 11.5 Å². The average molecular weight is 470 g/mol. The Balaban J connectivity index is 1.40. The van der Waals surface area contributed by atoms with Crippen LogP contribution in [0.5, 0.6) is 0 Å². The normalized spacial score (nSPS) is 20.6. The molecule has 9 heteroatoms. The van der Waals surface area contributed by atoms with E-state index in [1.54, 1.807) is 6.20 Å². The lowest BCUT2D eigenvalue weighted by Gasteiger charge is -2.40. The van der Waals surface area contributed by atoms with Crippen LogP contribution in [0.1, 0.15) is 36.9 Å². The molecule has 1 N–H and O–H groups in total. The molecule has 2 saturated heterocycles. The molecule has 0 saturated carbocycles. The maximum atomic E-state index is 13.0. The van der Waals surface area contributed by atoms with Gasteiger partial charge in [0, 0.05) is 37.8 Å². The molecule has 1 atom stereocenters. The molecule has 2 aromatic heterocycles. The zero-order valence-corrected chi connectivity index (χ0v) is 18.9. The Hall–Kier alpha value is -3.20. The van der Waals surface area contributed by atoms with Crippen LogP contribution in [0.4, 0.5) is 30.6 Å². The first-order chi connectivity index (χ1) is 16.3. The largest absolute Gasteiger partial charge is 0.433 e. The molecule has 0 radical (unpaired) electrons. The number of nitrogens with zero attached hydrogens (tertiary/aromatic N) is 4. The number of ether oxygens (including phenoxy) is 1. The van der Waals surface area contributed by atoms with Crippen LogP contribution in [0.25, 0.3) is 11.1 Å². The van der Waals surface area contributed by atoms with Crippen molar-refractivity contribution >= 4 is 17.5 Å². The lowest BCUT2D eigenvalue weighted by atomic mass is 9.90. The monoisotopic (exact) mass is 469 g/mol. The van der Waals surface area contributed by atoms with Crippen molar-refractivity contribution in [2.24, 2.45) is 0 Å². The van der Waals surface area contributed by atoms with Crippen molar-refractivity contribution in [3.05, 3.63) is 60.0 Å². The molecule has 0 bridgehead atoms. The van der Waals surface area contributed by atoms with Crippen LogP contribution in [0.2, 0.25) is 0 Å². The highest BCUT2D eigenvalue weighted by Gasteiger charge is 2.39. The van der Waals surface area contributed by atoms with Gasteiger partial charge in [-0.05, 0) is 79.6 Å². The Bertz CT molecular complexity index is 1180. The lowest BCUT2D eigenvalue weighted by Crippen LogP contribution is -2.48. The van der Waals surface area contributed by atoms with E-state index in [2.05, 4.69) is 31.2 Å². The highest BCUT2D eigenvalue weighted by Crippen LogP contribution is 2.37. The predicted molar refractivity (Wildman–Crippen MR) is 124 cm³/mol. The maximum Gasteiger partial charge on any atom is 0.433 e. The third-order valence-electron chi connectivity index (χ3n) is 6.41. The second-order valence-electron chi connectivity index (χ2n) is 9.04. The van der Waals surface area contributed by atoms with Crippen LogP contribution < -0.4 is 10.2 Å². The van der Waals surface area contributed by atoms with Gasteiger partial charge in [-0.15, -0.1) is 0 Å². The molecule has 178 valence electrons. The molecule has 34 heavy (non-hydrogen) atoms. The van der Waals surface area contributed by atoms with Crippen LogP contribution in [0.15, 0.2) is 48.8 Å². The van der Waals surface area contributed by atoms with Gasteiger partial charge >= 0.3 is 6.18 Å². The predicted octanol–water partition coefficient (Wildman–Crippen LogP) is 5.76. The minimum absolute atomic E-state index is 0.0543. The van der Waals surface area contributed by atoms with E-state index in [9.17, 15) is 13.2 Å². The summed E-state index contributed by atoms with van der Waals surface area (Å²) in [6.07, 6.45) is 2.73. The Labute approximate surface area is 196 Å². The molecule has 2 fully saturated rings. The van der Waals surface area contributed by atoms with E-state index in [1.807, 2.05) is 31.2 Å². The molecular formula is C25H26F3N5O. The van der Waals surface area contributed by atoms with Gasteiger partial charge in [-0.1, -0.05) is 6.07 Å². The molecule has 2 aliphatic heterocycles. The first-order valence-corrected chi connectivity index (χ1v) is 11.4. The van der Waals surface area contributed by atoms with Crippen LogP contribution in [-0.4, -0.2) is 40.2 Å². The van der Waals surface area contributed by atoms with Gasteiger partial charge in [0.25, 0.3) is 0 Å². The van der Waals surface area contributed by atoms with E-state index in [1.165, 1.54) is 0 Å². The molecule has 1 spiro atoms. The van der Waals surface area contributed by atoms with E-state index in [-0.39, 0.29) is 11.5 Å². The van der Waals surface area contributed by atoms with Crippen LogP contribution in [-0.2, 0) is 10.9 Å². The number of pyridine rings is 1. The van der Waals surface area contributed by atoms with Crippen molar-refractivity contribution in [3.8, 4) is 11.1 Å². The van der Waals surface area contributed by atoms with Gasteiger partial charge in [0.15, 0.2) is 0 Å². The summed E-state index contributed by atoms with van der Waals surface area (Å²) in [5.41, 5.74) is 2.45. The molecule has 3 aromatic rings. The second-order valence-corrected chi connectivity index (χ2v) is 9.04. The molecule has 6 nitrogen and oxygen atoms in total. The summed E-state index contributed by atoms with van der Waals surface area (Å²) in [6, 6.07) is 10.6. The number of anilines is 3. The Kier molecular flexibility index (Phi) is 5.89. The summed E-state index contributed by atoms with van der Waals surface area (Å²) < 4.78 is 45.1. The molecule has 0 aliphatic carbocycles. The SMILES string of the molecule is Cc1cc(Nc2nccc(C(F)(F)F)n2)cc(-c2ccnc(N3CCCC4(CCCO4)C3)c2)c1. The van der Waals surface area contributed by atoms with Crippen molar-refractivity contribution in [2.75, 3.05) is 29.9 Å². The molecule has 4 heterocycles. The topological polar surface area (TPSA) is 63.2 Å². The lowest BCUT2D eigenvalue weighted by molar-refractivity contribution is -0.141. The third-order valence-corrected chi connectivity index (χ3v) is 6.41. The van der Waals surface area contributed by atoms with Gasteiger partial charge in [-0.25, -0.2) is 15.0 Å². The van der Waals surface area contributed by atoms with Crippen LogP contribution >= 0.6 is 0 Å². The van der Waals surface area contributed by atoms with E-state index >= 15 is 0 Å². The Morgan fingerprint density at radius 1 is 1.00 bits per heavy atom. The zero-order valence-electron chi connectivity index (χ0n) is 18.9. The summed E-state index contributed by atoms with van der Waals surface area (Å²) in [5, 5.41) is 2.91. The number of hydrogen-bond donors (Lipinski definition) is 1. The fraction of sp³-hybridized carbons (Fsp3) is 0.400. The number of benzene rings is 1. The number of nitrogens with one attached hydrogen (secondary N) is 1. The summed E-state index contributed by atoms with van der Waals surface area (Å²) in [4.78, 5) is 14.5. The number of aromatic nitrogens is 3. The smallest absolute Gasteiger partial charge is 0.373 e. The van der Waals surface area contributed by atoms with E-state index < -0.39 is 11.9 Å². The minimum atomic E-state index is -4.53. The number of aryl methyl sites for hydroxylation is 1. The van der Waals surface area contributed by atoms with E-state index in [0.717, 1.165) is 80.2 Å². The summed E-state index contributed by atoms with van der Waals surface area (Å²) in [6.45, 7) is 4.55. The first-order valence-electron chi connectivity index (χ1n) is 11.4. The number of hydrogen-bond acceptors (Lipinski definition) is 6. The van der Waals surface area contributed by atoms with Crippen molar-refractivity contribution in [2.45, 2.75) is 44.4 Å². The number of piperidine rings is 1. The molecule has 2 aliphatic rings. The van der Waals surface area contributed by atoms with Crippen LogP contribution in [0, 0.1) is 6.92 Å². The van der Waals surface area contributed by atoms with Crippen molar-refractivity contribution in [1.82, 2.24) is 15.0 Å². The van der Waals surface area contributed by atoms with E-state index in [4.69, 9.17) is 4.74 Å². The number of rotatable bonds is 4. The quantitative estimate of drug-likeness (QED) is 0.524. The highest BCUT2D eigenvalue weighted by atomic mass is 19.4. The number of halogens is 3. The summed E-state index contributed by atoms with van der Waals surface area (Å²) in [7, 11) is 0. The fourth-order valence-corrected chi connectivity index (χ4v) is 4.87. The molecule has 0 amide bonds. The van der Waals surface area contributed by atoms with Crippen molar-refractivity contribution < 1.29 is 17.9 Å². The van der Waals surface area contributed by atoms with Gasteiger partial charge in [0.05, 0.1) is 5.60 Å². The summed E-state index contributed by atoms with van der Waals surface area (Å²) >= 11 is 0. The molecule has 5 rings (SSSR count). The molecule has 1 unspecified atom stereocenters. The molecular weight excluding hydrogens is 443 g/mol. The van der Waals surface area contributed by atoms with E-state index in [0.29, 0.717) is 5.69 Å². The number of alkyl halides is 3.